The molecule has 1 aromatic carbocycles. The number of ether oxygens (including phenoxy) is 1. The van der Waals surface area contributed by atoms with Crippen molar-refractivity contribution >= 4 is 11.8 Å². The van der Waals surface area contributed by atoms with Gasteiger partial charge in [0.1, 0.15) is 11.9 Å². The predicted molar refractivity (Wildman–Crippen MR) is 61.6 cm³/mol. The summed E-state index contributed by atoms with van der Waals surface area (Å²) in [5, 5.41) is 13.2. The highest BCUT2D eigenvalue weighted by molar-refractivity contribution is 5.67. The third-order valence-corrected chi connectivity index (χ3v) is 2.23. The number of amides is 1. The molecule has 0 radical (unpaired) electrons. The van der Waals surface area contributed by atoms with Gasteiger partial charge in [-0.05, 0) is 26.0 Å². The Bertz CT molecular complexity index is 464. The molecule has 0 bridgehead atoms. The number of hydrogen-bond acceptors (Lipinski definition) is 4. The first-order chi connectivity index (χ1) is 8.45. The van der Waals surface area contributed by atoms with E-state index in [1.807, 2.05) is 0 Å². The van der Waals surface area contributed by atoms with Crippen LogP contribution in [-0.4, -0.2) is 17.6 Å². The molecular weight excluding hydrogens is 243 g/mol. The highest BCUT2D eigenvalue weighted by Crippen LogP contribution is 2.28. The third kappa shape index (κ3) is 3.41. The van der Waals surface area contributed by atoms with E-state index in [1.165, 1.54) is 6.92 Å². The molecule has 0 aliphatic carbocycles. The van der Waals surface area contributed by atoms with E-state index in [0.717, 1.165) is 18.2 Å². The summed E-state index contributed by atoms with van der Waals surface area (Å²) < 4.78 is 18.0. The van der Waals surface area contributed by atoms with Crippen molar-refractivity contribution < 1.29 is 18.8 Å². The van der Waals surface area contributed by atoms with Crippen molar-refractivity contribution in [3.63, 3.8) is 0 Å². The standard InChI is InChI=1S/C11H13FN2O4/c1-3-13-11(15)18-7(2)9-6-8(12)4-5-10(9)14(16)17/h4-7H,3H2,1-2H3,(H,13,15). The first kappa shape index (κ1) is 13.9. The molecule has 0 fully saturated rings. The van der Waals surface area contributed by atoms with Crippen LogP contribution in [0.3, 0.4) is 0 Å². The number of carbonyl (C=O) groups is 1. The van der Waals surface area contributed by atoms with E-state index in [2.05, 4.69) is 5.32 Å². The molecular formula is C11H13FN2O4. The monoisotopic (exact) mass is 256 g/mol. The highest BCUT2D eigenvalue weighted by atomic mass is 19.1. The van der Waals surface area contributed by atoms with Gasteiger partial charge in [-0.25, -0.2) is 9.18 Å². The molecule has 1 aromatic rings. The van der Waals surface area contributed by atoms with Crippen molar-refractivity contribution in [1.29, 1.82) is 0 Å². The van der Waals surface area contributed by atoms with Gasteiger partial charge in [0.05, 0.1) is 10.5 Å². The van der Waals surface area contributed by atoms with Crippen LogP contribution in [0.4, 0.5) is 14.9 Å². The van der Waals surface area contributed by atoms with Crippen molar-refractivity contribution in [2.45, 2.75) is 20.0 Å². The van der Waals surface area contributed by atoms with E-state index < -0.39 is 22.9 Å². The van der Waals surface area contributed by atoms with Crippen LogP contribution in [0.5, 0.6) is 0 Å². The Hall–Kier alpha value is -2.18. The van der Waals surface area contributed by atoms with E-state index >= 15 is 0 Å². The van der Waals surface area contributed by atoms with Gasteiger partial charge in [0, 0.05) is 12.6 Å². The molecule has 1 N–H and O–H groups in total. The molecule has 0 saturated carbocycles. The second-order valence-corrected chi connectivity index (χ2v) is 3.54. The molecule has 1 atom stereocenters. The molecule has 98 valence electrons. The summed E-state index contributed by atoms with van der Waals surface area (Å²) in [6.45, 7) is 3.52. The summed E-state index contributed by atoms with van der Waals surface area (Å²) in [5.74, 6) is -0.623. The molecule has 0 aliphatic heterocycles. The van der Waals surface area contributed by atoms with Gasteiger partial charge in [0.15, 0.2) is 0 Å². The molecule has 6 nitrogen and oxygen atoms in total. The normalized spacial score (nSPS) is 11.7. The molecule has 1 amide bonds. The Morgan fingerprint density at radius 1 is 1.61 bits per heavy atom. The van der Waals surface area contributed by atoms with Gasteiger partial charge in [-0.2, -0.15) is 0 Å². The number of nitro groups is 1. The maximum atomic E-state index is 13.1. The minimum atomic E-state index is -0.910. The van der Waals surface area contributed by atoms with E-state index in [4.69, 9.17) is 4.74 Å². The highest BCUT2D eigenvalue weighted by Gasteiger charge is 2.22. The molecule has 0 heterocycles. The van der Waals surface area contributed by atoms with Crippen molar-refractivity contribution in [2.75, 3.05) is 6.54 Å². The van der Waals surface area contributed by atoms with Gasteiger partial charge in [-0.15, -0.1) is 0 Å². The topological polar surface area (TPSA) is 81.5 Å². The quantitative estimate of drug-likeness (QED) is 0.663. The van der Waals surface area contributed by atoms with E-state index in [9.17, 15) is 19.3 Å². The Kier molecular flexibility index (Phi) is 4.59. The first-order valence-electron chi connectivity index (χ1n) is 5.34. The number of carbonyl (C=O) groups excluding carboxylic acids is 1. The zero-order valence-electron chi connectivity index (χ0n) is 9.97. The molecule has 0 spiro atoms. The summed E-state index contributed by atoms with van der Waals surface area (Å²) in [6, 6.07) is 3.02. The zero-order chi connectivity index (χ0) is 13.7. The largest absolute Gasteiger partial charge is 0.441 e. The van der Waals surface area contributed by atoms with Crippen molar-refractivity contribution in [2.24, 2.45) is 0 Å². The van der Waals surface area contributed by atoms with Gasteiger partial charge < -0.3 is 10.1 Å². The van der Waals surface area contributed by atoms with E-state index in [0.29, 0.717) is 6.54 Å². The fraction of sp³-hybridized carbons (Fsp3) is 0.364. The number of halogens is 1. The molecule has 0 aliphatic rings. The number of hydrogen-bond donors (Lipinski definition) is 1. The summed E-state index contributed by atoms with van der Waals surface area (Å²) in [5.41, 5.74) is -0.264. The van der Waals surface area contributed by atoms with Crippen molar-refractivity contribution in [3.8, 4) is 0 Å². The maximum Gasteiger partial charge on any atom is 0.407 e. The van der Waals surface area contributed by atoms with Gasteiger partial charge >= 0.3 is 6.09 Å². The molecule has 1 rings (SSSR count). The molecule has 0 saturated heterocycles. The second kappa shape index (κ2) is 5.95. The first-order valence-corrected chi connectivity index (χ1v) is 5.34. The minimum absolute atomic E-state index is 0.0197. The lowest BCUT2D eigenvalue weighted by Crippen LogP contribution is -2.25. The van der Waals surface area contributed by atoms with Crippen LogP contribution in [0, 0.1) is 15.9 Å². The number of nitrogens with one attached hydrogen (secondary N) is 1. The number of nitro benzene ring substituents is 1. The summed E-state index contributed by atoms with van der Waals surface area (Å²) in [7, 11) is 0. The second-order valence-electron chi connectivity index (χ2n) is 3.54. The maximum absolute atomic E-state index is 13.1. The summed E-state index contributed by atoms with van der Waals surface area (Å²) >= 11 is 0. The lowest BCUT2D eigenvalue weighted by atomic mass is 10.1. The number of benzene rings is 1. The lowest BCUT2D eigenvalue weighted by molar-refractivity contribution is -0.386. The van der Waals surface area contributed by atoms with Crippen LogP contribution in [0.15, 0.2) is 18.2 Å². The average Bonchev–Trinajstić information content (AvgIpc) is 2.28. The molecule has 0 aromatic heterocycles. The minimum Gasteiger partial charge on any atom is -0.441 e. The SMILES string of the molecule is CCNC(=O)OC(C)c1cc(F)ccc1[N+](=O)[O-]. The molecule has 1 unspecified atom stereocenters. The molecule has 18 heavy (non-hydrogen) atoms. The van der Waals surface area contributed by atoms with Gasteiger partial charge in [0.2, 0.25) is 0 Å². The predicted octanol–water partition coefficient (Wildman–Crippen LogP) is 2.54. The van der Waals surface area contributed by atoms with Gasteiger partial charge in [-0.3, -0.25) is 10.1 Å². The van der Waals surface area contributed by atoms with Crippen LogP contribution >= 0.6 is 0 Å². The fourth-order valence-corrected chi connectivity index (χ4v) is 1.43. The smallest absolute Gasteiger partial charge is 0.407 e. The summed E-state index contributed by atoms with van der Waals surface area (Å²) in [4.78, 5) is 21.3. The Balaban J connectivity index is 2.96. The van der Waals surface area contributed by atoms with Crippen molar-refractivity contribution in [1.82, 2.24) is 5.32 Å². The zero-order valence-corrected chi connectivity index (χ0v) is 9.97. The fourth-order valence-electron chi connectivity index (χ4n) is 1.43. The van der Waals surface area contributed by atoms with Crippen LogP contribution in [0.25, 0.3) is 0 Å². The molecule has 7 heteroatoms. The number of alkyl carbamates (subject to hydrolysis) is 1. The Morgan fingerprint density at radius 3 is 2.83 bits per heavy atom. The summed E-state index contributed by atoms with van der Waals surface area (Å²) in [6.07, 6.45) is -1.61. The Morgan fingerprint density at radius 2 is 2.28 bits per heavy atom. The van der Waals surface area contributed by atoms with Crippen LogP contribution < -0.4 is 5.32 Å². The van der Waals surface area contributed by atoms with Crippen LogP contribution in [-0.2, 0) is 4.74 Å². The average molecular weight is 256 g/mol. The number of rotatable bonds is 4. The van der Waals surface area contributed by atoms with Crippen LogP contribution in [0.2, 0.25) is 0 Å². The van der Waals surface area contributed by atoms with E-state index in [-0.39, 0.29) is 11.3 Å². The van der Waals surface area contributed by atoms with Gasteiger partial charge in [-0.1, -0.05) is 0 Å². The van der Waals surface area contributed by atoms with Crippen molar-refractivity contribution in [3.05, 3.63) is 39.7 Å². The van der Waals surface area contributed by atoms with E-state index in [1.54, 1.807) is 6.92 Å². The Labute approximate surface area is 103 Å². The van der Waals surface area contributed by atoms with Crippen LogP contribution in [0.1, 0.15) is 25.5 Å². The number of nitrogens with zero attached hydrogens (tertiary/aromatic N) is 1. The van der Waals surface area contributed by atoms with Gasteiger partial charge in [0.25, 0.3) is 5.69 Å². The lowest BCUT2D eigenvalue weighted by Gasteiger charge is -2.13. The third-order valence-electron chi connectivity index (χ3n) is 2.23.